The summed E-state index contributed by atoms with van der Waals surface area (Å²) >= 11 is 5.15. The van der Waals surface area contributed by atoms with E-state index in [1.54, 1.807) is 0 Å². The first kappa shape index (κ1) is 16.2. The minimum atomic E-state index is -5.84. The van der Waals surface area contributed by atoms with E-state index in [0.29, 0.717) is 6.20 Å². The topological polar surface area (TPSA) is 78.2 Å². The molecule has 0 aromatic carbocycles. The van der Waals surface area contributed by atoms with E-state index in [1.165, 1.54) is 0 Å². The van der Waals surface area contributed by atoms with Crippen molar-refractivity contribution in [3.05, 3.63) is 21.6 Å². The second kappa shape index (κ2) is 5.26. The number of alkyl halides is 6. The molecule has 1 rings (SSSR count). The summed E-state index contributed by atoms with van der Waals surface area (Å²) in [6, 6.07) is 0. The molecule has 1 aromatic heterocycles. The zero-order valence-corrected chi connectivity index (χ0v) is 9.62. The van der Waals surface area contributed by atoms with Gasteiger partial charge in [-0.15, -0.1) is 0 Å². The third-order valence-electron chi connectivity index (χ3n) is 1.73. The van der Waals surface area contributed by atoms with Gasteiger partial charge in [-0.25, -0.2) is 4.98 Å². The zero-order valence-electron chi connectivity index (χ0n) is 8.87. The van der Waals surface area contributed by atoms with Crippen molar-refractivity contribution in [2.45, 2.75) is 18.5 Å². The molecule has 0 aliphatic rings. The van der Waals surface area contributed by atoms with Crippen molar-refractivity contribution < 1.29 is 36.0 Å². The monoisotopic (exact) mass is 325 g/mol. The molecule has 6 nitrogen and oxygen atoms in total. The number of hydrogen-bond donors (Lipinski definition) is 0. The van der Waals surface area contributed by atoms with Crippen molar-refractivity contribution >= 4 is 17.3 Å². The van der Waals surface area contributed by atoms with Crippen molar-refractivity contribution in [3.8, 4) is 5.88 Å². The Balaban J connectivity index is 3.24. The van der Waals surface area contributed by atoms with Crippen LogP contribution in [0.2, 0.25) is 5.28 Å². The van der Waals surface area contributed by atoms with E-state index in [2.05, 4.69) is 14.7 Å². The van der Waals surface area contributed by atoms with Crippen LogP contribution in [0.15, 0.2) is 6.20 Å². The second-order valence-electron chi connectivity index (χ2n) is 3.17. The van der Waals surface area contributed by atoms with Crippen LogP contribution in [-0.4, -0.2) is 33.3 Å². The smallest absolute Gasteiger partial charge is 0.434 e. The summed E-state index contributed by atoms with van der Waals surface area (Å²) in [5.74, 6) is -1.53. The molecule has 1 heterocycles. The number of rotatable bonds is 3. The maximum atomic E-state index is 12.2. The molecule has 0 unspecified atom stereocenters. The summed E-state index contributed by atoms with van der Waals surface area (Å²) in [5.41, 5.74) is -1.28. The van der Waals surface area contributed by atoms with Gasteiger partial charge in [0.25, 0.3) is 12.0 Å². The van der Waals surface area contributed by atoms with Gasteiger partial charge in [0.15, 0.2) is 0 Å². The van der Waals surface area contributed by atoms with Crippen LogP contribution in [0.25, 0.3) is 0 Å². The third-order valence-corrected chi connectivity index (χ3v) is 1.91. The molecule has 0 aliphatic heterocycles. The van der Waals surface area contributed by atoms with Crippen LogP contribution < -0.4 is 4.74 Å². The molecule has 0 fully saturated rings. The number of ether oxygens (including phenoxy) is 1. The van der Waals surface area contributed by atoms with Crippen LogP contribution in [0.1, 0.15) is 0 Å². The van der Waals surface area contributed by atoms with Gasteiger partial charge < -0.3 is 4.74 Å². The van der Waals surface area contributed by atoms with E-state index in [4.69, 9.17) is 11.6 Å². The normalized spacial score (nSPS) is 12.6. The van der Waals surface area contributed by atoms with Gasteiger partial charge >= 0.3 is 18.0 Å². The second-order valence-corrected chi connectivity index (χ2v) is 3.51. The Labute approximate surface area is 110 Å². The molecule has 0 aliphatic carbocycles. The average Bonchev–Trinajstić information content (AvgIpc) is 2.22. The van der Waals surface area contributed by atoms with Gasteiger partial charge in [-0.1, -0.05) is 0 Å². The van der Waals surface area contributed by atoms with E-state index in [-0.39, 0.29) is 0 Å². The lowest BCUT2D eigenvalue weighted by molar-refractivity contribution is -0.388. The van der Waals surface area contributed by atoms with Crippen LogP contribution in [-0.2, 0) is 0 Å². The highest BCUT2D eigenvalue weighted by atomic mass is 35.5. The van der Waals surface area contributed by atoms with Gasteiger partial charge in [0, 0.05) is 0 Å². The predicted molar refractivity (Wildman–Crippen MR) is 50.2 cm³/mol. The first-order valence-corrected chi connectivity index (χ1v) is 4.77. The van der Waals surface area contributed by atoms with Gasteiger partial charge in [0.1, 0.15) is 6.20 Å². The highest BCUT2D eigenvalue weighted by molar-refractivity contribution is 6.28. The standard InChI is InChI=1S/C7H2ClF6N3O3/c8-5-15-1-2(17(18)19)3(16-5)20-4(6(9,10)11)7(12,13)14/h1,4H. The Kier molecular flexibility index (Phi) is 4.27. The van der Waals surface area contributed by atoms with Gasteiger partial charge in [-0.2, -0.15) is 31.3 Å². The fraction of sp³-hybridized carbons (Fsp3) is 0.429. The fourth-order valence-corrected chi connectivity index (χ4v) is 1.11. The molecule has 0 N–H and O–H groups in total. The number of nitrogens with zero attached hydrogens (tertiary/aromatic N) is 3. The molecule has 0 bridgehead atoms. The summed E-state index contributed by atoms with van der Waals surface area (Å²) in [7, 11) is 0. The molecule has 0 saturated heterocycles. The molecule has 20 heavy (non-hydrogen) atoms. The molecule has 0 spiro atoms. The summed E-state index contributed by atoms with van der Waals surface area (Å²) < 4.78 is 77.1. The highest BCUT2D eigenvalue weighted by Crippen LogP contribution is 2.38. The van der Waals surface area contributed by atoms with Crippen molar-refractivity contribution in [3.63, 3.8) is 0 Å². The van der Waals surface area contributed by atoms with Crippen molar-refractivity contribution in [1.29, 1.82) is 0 Å². The molecule has 13 heteroatoms. The quantitative estimate of drug-likeness (QED) is 0.369. The van der Waals surface area contributed by atoms with Crippen LogP contribution in [0.5, 0.6) is 5.88 Å². The highest BCUT2D eigenvalue weighted by Gasteiger charge is 2.59. The lowest BCUT2D eigenvalue weighted by Gasteiger charge is -2.22. The third kappa shape index (κ3) is 3.82. The largest absolute Gasteiger partial charge is 0.450 e. The summed E-state index contributed by atoms with van der Waals surface area (Å²) in [6.45, 7) is 0. The maximum absolute atomic E-state index is 12.2. The van der Waals surface area contributed by atoms with Crippen molar-refractivity contribution in [1.82, 2.24) is 9.97 Å². The maximum Gasteiger partial charge on any atom is 0.434 e. The minimum absolute atomic E-state index is 0.328. The Bertz CT molecular complexity index is 506. The number of nitro groups is 1. The van der Waals surface area contributed by atoms with Crippen molar-refractivity contribution in [2.24, 2.45) is 0 Å². The number of hydrogen-bond acceptors (Lipinski definition) is 5. The first-order chi connectivity index (χ1) is 8.93. The first-order valence-electron chi connectivity index (χ1n) is 4.40. The van der Waals surface area contributed by atoms with Crippen molar-refractivity contribution in [2.75, 3.05) is 0 Å². The van der Waals surface area contributed by atoms with E-state index >= 15 is 0 Å². The Morgan fingerprint density at radius 2 is 1.75 bits per heavy atom. The molecule has 0 radical (unpaired) electrons. The van der Waals surface area contributed by atoms with Crippen LogP contribution in [0.3, 0.4) is 0 Å². The number of halogens is 7. The molecular formula is C7H2ClF6N3O3. The van der Waals surface area contributed by atoms with Crippen LogP contribution in [0.4, 0.5) is 32.0 Å². The van der Waals surface area contributed by atoms with Gasteiger partial charge in [-0.05, 0) is 11.6 Å². The van der Waals surface area contributed by atoms with Gasteiger partial charge in [0.05, 0.1) is 4.92 Å². The molecule has 1 aromatic rings. The van der Waals surface area contributed by atoms with Crippen LogP contribution >= 0.6 is 11.6 Å². The van der Waals surface area contributed by atoms with E-state index < -0.39 is 40.2 Å². The molecule has 0 amide bonds. The number of aromatic nitrogens is 2. The van der Waals surface area contributed by atoms with Gasteiger partial charge in [-0.3, -0.25) is 10.1 Å². The molecular weight excluding hydrogens is 324 g/mol. The van der Waals surface area contributed by atoms with Crippen LogP contribution in [0, 0.1) is 10.1 Å². The zero-order chi connectivity index (χ0) is 15.7. The SMILES string of the molecule is O=[N+]([O-])c1cnc(Cl)nc1OC(C(F)(F)F)C(F)(F)F. The molecule has 0 saturated carbocycles. The summed E-state index contributed by atoms with van der Waals surface area (Å²) in [6.07, 6.45) is -15.6. The minimum Gasteiger partial charge on any atom is -0.450 e. The summed E-state index contributed by atoms with van der Waals surface area (Å²) in [5, 5.41) is 9.64. The average molecular weight is 326 g/mol. The molecule has 0 atom stereocenters. The summed E-state index contributed by atoms with van der Waals surface area (Å²) in [4.78, 5) is 15.1. The fourth-order valence-electron chi connectivity index (χ4n) is 0.982. The predicted octanol–water partition coefficient (Wildman–Crippen LogP) is 2.91. The Morgan fingerprint density at radius 3 is 2.15 bits per heavy atom. The lowest BCUT2D eigenvalue weighted by atomic mass is 10.3. The van der Waals surface area contributed by atoms with Gasteiger partial charge in [0.2, 0.25) is 5.28 Å². The van der Waals surface area contributed by atoms with E-state index in [9.17, 15) is 36.5 Å². The Hall–Kier alpha value is -1.85. The lowest BCUT2D eigenvalue weighted by Crippen LogP contribution is -2.46. The Morgan fingerprint density at radius 1 is 1.25 bits per heavy atom. The molecule has 112 valence electrons. The van der Waals surface area contributed by atoms with E-state index in [1.807, 2.05) is 0 Å². The van der Waals surface area contributed by atoms with E-state index in [0.717, 1.165) is 0 Å².